The Morgan fingerprint density at radius 3 is 2.48 bits per heavy atom. The number of rotatable bonds is 6. The summed E-state index contributed by atoms with van der Waals surface area (Å²) in [6.45, 7) is 6.54. The van der Waals surface area contributed by atoms with Crippen LogP contribution in [0.3, 0.4) is 0 Å². The summed E-state index contributed by atoms with van der Waals surface area (Å²) in [7, 11) is 3.74. The maximum atomic E-state index is 12.4. The average molecular weight is 296 g/mol. The molecular formula is C17H32N2O2. The molecule has 0 aromatic heterocycles. The molecule has 3 atom stereocenters. The summed E-state index contributed by atoms with van der Waals surface area (Å²) >= 11 is 0. The Morgan fingerprint density at radius 2 is 1.95 bits per heavy atom. The van der Waals surface area contributed by atoms with E-state index in [2.05, 4.69) is 38.0 Å². The first kappa shape index (κ1) is 16.8. The Bertz CT molecular complexity index is 368. The van der Waals surface area contributed by atoms with E-state index in [0.29, 0.717) is 12.1 Å². The highest BCUT2D eigenvalue weighted by atomic mass is 16.5. The van der Waals surface area contributed by atoms with Gasteiger partial charge in [0, 0.05) is 18.1 Å². The van der Waals surface area contributed by atoms with E-state index in [-0.39, 0.29) is 12.0 Å². The maximum Gasteiger partial charge on any atom is 0.326 e. The van der Waals surface area contributed by atoms with E-state index in [1.165, 1.54) is 26.4 Å². The Hall–Kier alpha value is -0.610. The van der Waals surface area contributed by atoms with Gasteiger partial charge >= 0.3 is 5.97 Å². The fraction of sp³-hybridized carbons (Fsp3) is 0.941. The molecule has 1 N–H and O–H groups in total. The van der Waals surface area contributed by atoms with Crippen molar-refractivity contribution in [1.29, 1.82) is 0 Å². The number of esters is 1. The predicted molar refractivity (Wildman–Crippen MR) is 85.2 cm³/mol. The molecule has 2 fully saturated rings. The van der Waals surface area contributed by atoms with Gasteiger partial charge in [-0.2, -0.15) is 0 Å². The molecule has 0 amide bonds. The summed E-state index contributed by atoms with van der Waals surface area (Å²) in [4.78, 5) is 14.9. The number of nitrogens with zero attached hydrogens (tertiary/aromatic N) is 1. The monoisotopic (exact) mass is 296 g/mol. The number of nitrogens with one attached hydrogen (secondary N) is 1. The van der Waals surface area contributed by atoms with Crippen LogP contribution in [0.2, 0.25) is 0 Å². The zero-order valence-electron chi connectivity index (χ0n) is 14.3. The first-order valence-corrected chi connectivity index (χ1v) is 8.47. The molecule has 3 unspecified atom stereocenters. The van der Waals surface area contributed by atoms with Gasteiger partial charge in [-0.15, -0.1) is 0 Å². The molecule has 2 saturated carbocycles. The fourth-order valence-corrected chi connectivity index (χ4v) is 3.96. The predicted octanol–water partition coefficient (Wildman–Crippen LogP) is 2.57. The normalized spacial score (nSPS) is 31.5. The van der Waals surface area contributed by atoms with Gasteiger partial charge in [0.1, 0.15) is 5.54 Å². The number of methoxy groups -OCH3 is 1. The van der Waals surface area contributed by atoms with Gasteiger partial charge in [0.2, 0.25) is 0 Å². The van der Waals surface area contributed by atoms with Crippen LogP contribution in [0, 0.1) is 5.92 Å². The molecule has 0 spiro atoms. The van der Waals surface area contributed by atoms with Gasteiger partial charge in [0.25, 0.3) is 0 Å². The minimum absolute atomic E-state index is 0.0895. The lowest BCUT2D eigenvalue weighted by Gasteiger charge is -2.45. The van der Waals surface area contributed by atoms with Gasteiger partial charge in [0.15, 0.2) is 0 Å². The van der Waals surface area contributed by atoms with E-state index in [1.54, 1.807) is 0 Å². The van der Waals surface area contributed by atoms with Crippen molar-refractivity contribution in [1.82, 2.24) is 10.2 Å². The van der Waals surface area contributed by atoms with Gasteiger partial charge in [-0.05, 0) is 72.3 Å². The minimum Gasteiger partial charge on any atom is -0.468 e. The third kappa shape index (κ3) is 3.78. The van der Waals surface area contributed by atoms with Crippen molar-refractivity contribution in [2.24, 2.45) is 5.92 Å². The molecule has 0 aliphatic heterocycles. The van der Waals surface area contributed by atoms with Gasteiger partial charge in [-0.1, -0.05) is 0 Å². The lowest BCUT2D eigenvalue weighted by atomic mass is 9.77. The molecule has 4 heteroatoms. The Morgan fingerprint density at radius 1 is 1.29 bits per heavy atom. The highest BCUT2D eigenvalue weighted by Gasteiger charge is 2.46. The van der Waals surface area contributed by atoms with Gasteiger partial charge in [0.05, 0.1) is 7.11 Å². The molecule has 0 radical (unpaired) electrons. The number of hydrogen-bond acceptors (Lipinski definition) is 4. The summed E-state index contributed by atoms with van der Waals surface area (Å²) in [5, 5.41) is 3.51. The van der Waals surface area contributed by atoms with E-state index in [0.717, 1.165) is 25.2 Å². The quantitative estimate of drug-likeness (QED) is 0.765. The zero-order valence-corrected chi connectivity index (χ0v) is 14.3. The van der Waals surface area contributed by atoms with Crippen molar-refractivity contribution >= 4 is 5.97 Å². The molecule has 0 saturated heterocycles. The number of hydrogen-bond donors (Lipinski definition) is 1. The summed E-state index contributed by atoms with van der Waals surface area (Å²) in [6, 6.07) is 1.39. The van der Waals surface area contributed by atoms with Crippen LogP contribution < -0.4 is 5.32 Å². The first-order valence-electron chi connectivity index (χ1n) is 8.47. The van der Waals surface area contributed by atoms with Crippen molar-refractivity contribution in [3.05, 3.63) is 0 Å². The van der Waals surface area contributed by atoms with Gasteiger partial charge < -0.3 is 9.64 Å². The second-order valence-electron chi connectivity index (χ2n) is 7.37. The zero-order chi connectivity index (χ0) is 15.6. The summed E-state index contributed by atoms with van der Waals surface area (Å²) < 4.78 is 5.12. The maximum absolute atomic E-state index is 12.4. The molecule has 2 rings (SSSR count). The highest BCUT2D eigenvalue weighted by Crippen LogP contribution is 2.39. The SMILES string of the molecule is COC(=O)C1(NC(C)C)CCCC(N(C)C(C)C2CC2)C1. The minimum atomic E-state index is -0.497. The van der Waals surface area contributed by atoms with E-state index in [4.69, 9.17) is 4.74 Å². The Labute approximate surface area is 129 Å². The average Bonchev–Trinajstić information content (AvgIpc) is 3.28. The summed E-state index contributed by atoms with van der Waals surface area (Å²) in [5.41, 5.74) is -0.497. The second kappa shape index (κ2) is 6.66. The number of carbonyl (C=O) groups excluding carboxylic acids is 1. The van der Waals surface area contributed by atoms with Crippen LogP contribution in [0.5, 0.6) is 0 Å². The smallest absolute Gasteiger partial charge is 0.326 e. The van der Waals surface area contributed by atoms with Crippen molar-refractivity contribution in [3.8, 4) is 0 Å². The van der Waals surface area contributed by atoms with Crippen LogP contribution in [0.25, 0.3) is 0 Å². The molecule has 0 aromatic rings. The highest BCUT2D eigenvalue weighted by molar-refractivity contribution is 5.81. The second-order valence-corrected chi connectivity index (χ2v) is 7.37. The molecule has 4 nitrogen and oxygen atoms in total. The molecule has 21 heavy (non-hydrogen) atoms. The van der Waals surface area contributed by atoms with Crippen molar-refractivity contribution in [2.45, 2.75) is 83.0 Å². The van der Waals surface area contributed by atoms with E-state index in [1.807, 2.05) is 0 Å². The summed E-state index contributed by atoms with van der Waals surface area (Å²) in [6.07, 6.45) is 6.76. The molecule has 2 aliphatic carbocycles. The van der Waals surface area contributed by atoms with Crippen molar-refractivity contribution in [3.63, 3.8) is 0 Å². The lowest BCUT2D eigenvalue weighted by molar-refractivity contribution is -0.151. The largest absolute Gasteiger partial charge is 0.468 e. The number of ether oxygens (including phenoxy) is 1. The fourth-order valence-electron chi connectivity index (χ4n) is 3.96. The molecule has 122 valence electrons. The lowest BCUT2D eigenvalue weighted by Crippen LogP contribution is -2.60. The third-order valence-corrected chi connectivity index (χ3v) is 5.39. The van der Waals surface area contributed by atoms with Crippen molar-refractivity contribution in [2.75, 3.05) is 14.2 Å². The van der Waals surface area contributed by atoms with Crippen LogP contribution in [0.15, 0.2) is 0 Å². The van der Waals surface area contributed by atoms with Crippen molar-refractivity contribution < 1.29 is 9.53 Å². The van der Waals surface area contributed by atoms with Crippen LogP contribution in [-0.2, 0) is 9.53 Å². The van der Waals surface area contributed by atoms with Crippen LogP contribution in [0.1, 0.15) is 59.3 Å². The molecular weight excluding hydrogens is 264 g/mol. The van der Waals surface area contributed by atoms with E-state index >= 15 is 0 Å². The van der Waals surface area contributed by atoms with Crippen LogP contribution in [0.4, 0.5) is 0 Å². The molecule has 0 heterocycles. The molecule has 0 bridgehead atoms. The van der Waals surface area contributed by atoms with E-state index < -0.39 is 5.54 Å². The van der Waals surface area contributed by atoms with Crippen LogP contribution in [-0.4, -0.2) is 48.7 Å². The first-order chi connectivity index (χ1) is 9.89. The number of carbonyl (C=O) groups is 1. The summed E-state index contributed by atoms with van der Waals surface area (Å²) in [5.74, 6) is 0.774. The van der Waals surface area contributed by atoms with Gasteiger partial charge in [-0.25, -0.2) is 0 Å². The third-order valence-electron chi connectivity index (χ3n) is 5.39. The topological polar surface area (TPSA) is 41.6 Å². The molecule has 0 aromatic carbocycles. The van der Waals surface area contributed by atoms with Gasteiger partial charge in [-0.3, -0.25) is 10.1 Å². The standard InChI is InChI=1S/C17H32N2O2/c1-12(2)18-17(16(20)21-5)10-6-7-15(11-17)19(4)13(3)14-8-9-14/h12-15,18H,6-11H2,1-5H3. The molecule has 2 aliphatic rings. The Balaban J connectivity index is 2.09. The Kier molecular flexibility index (Phi) is 5.31. The van der Waals surface area contributed by atoms with E-state index in [9.17, 15) is 4.79 Å². The van der Waals surface area contributed by atoms with Crippen LogP contribution >= 0.6 is 0 Å².